The number of rotatable bonds is 5. The number of nitro benzene ring substituents is 1. The number of carbonyl (C=O) groups is 3. The van der Waals surface area contributed by atoms with E-state index in [9.17, 15) is 24.5 Å². The zero-order chi connectivity index (χ0) is 19.6. The topological polar surface area (TPSA) is 107 Å². The molecule has 2 aromatic rings. The number of nitro groups is 1. The number of anilines is 1. The van der Waals surface area contributed by atoms with Crippen LogP contribution in [0, 0.1) is 16.0 Å². The molecule has 1 aliphatic heterocycles. The van der Waals surface area contributed by atoms with E-state index in [-0.39, 0.29) is 12.3 Å². The number of non-ortho nitro benzene ring substituents is 1. The molecule has 8 heteroatoms. The van der Waals surface area contributed by atoms with Crippen LogP contribution in [-0.2, 0) is 19.1 Å². The lowest BCUT2D eigenvalue weighted by Gasteiger charge is -2.26. The smallest absolute Gasteiger partial charge is 0.319 e. The van der Waals surface area contributed by atoms with Crippen molar-refractivity contribution in [3.63, 3.8) is 0 Å². The van der Waals surface area contributed by atoms with Crippen molar-refractivity contribution in [2.45, 2.75) is 13.0 Å². The minimum atomic E-state index is -1.39. The first kappa shape index (κ1) is 18.2. The summed E-state index contributed by atoms with van der Waals surface area (Å²) in [7, 11) is 0. The molecule has 0 spiro atoms. The van der Waals surface area contributed by atoms with E-state index in [1.54, 1.807) is 43.3 Å². The van der Waals surface area contributed by atoms with Crippen molar-refractivity contribution < 1.29 is 24.0 Å². The van der Waals surface area contributed by atoms with Crippen molar-refractivity contribution in [2.24, 2.45) is 5.92 Å². The van der Waals surface area contributed by atoms with Gasteiger partial charge in [0, 0.05) is 17.8 Å². The number of ether oxygens (including phenoxy) is 1. The lowest BCUT2D eigenvalue weighted by molar-refractivity contribution is -0.384. The van der Waals surface area contributed by atoms with Gasteiger partial charge in [-0.3, -0.25) is 29.4 Å². The highest BCUT2D eigenvalue weighted by Crippen LogP contribution is 2.40. The van der Waals surface area contributed by atoms with Crippen LogP contribution in [0.3, 0.4) is 0 Å². The Balaban J connectivity index is 2.16. The first-order chi connectivity index (χ1) is 13.0. The van der Waals surface area contributed by atoms with Crippen LogP contribution in [-0.4, -0.2) is 29.2 Å². The molecule has 8 nitrogen and oxygen atoms in total. The van der Waals surface area contributed by atoms with Gasteiger partial charge in [-0.05, 0) is 24.6 Å². The van der Waals surface area contributed by atoms with Crippen molar-refractivity contribution in [2.75, 3.05) is 11.5 Å². The Kier molecular flexibility index (Phi) is 4.98. The van der Waals surface area contributed by atoms with E-state index in [2.05, 4.69) is 0 Å². The third-order valence-corrected chi connectivity index (χ3v) is 4.30. The zero-order valence-electron chi connectivity index (χ0n) is 14.4. The summed E-state index contributed by atoms with van der Waals surface area (Å²) in [5.41, 5.74) is 0.527. The summed E-state index contributed by atoms with van der Waals surface area (Å²) in [6.07, 6.45) is 0. The predicted molar refractivity (Wildman–Crippen MR) is 94.9 cm³/mol. The molecule has 0 radical (unpaired) electrons. The molecule has 2 atom stereocenters. The van der Waals surface area contributed by atoms with Gasteiger partial charge in [0.2, 0.25) is 5.78 Å². The van der Waals surface area contributed by atoms with Gasteiger partial charge in [0.05, 0.1) is 17.6 Å². The van der Waals surface area contributed by atoms with Crippen LogP contribution in [0.5, 0.6) is 0 Å². The fourth-order valence-electron chi connectivity index (χ4n) is 3.17. The second kappa shape index (κ2) is 7.36. The van der Waals surface area contributed by atoms with Crippen LogP contribution in [0.4, 0.5) is 11.4 Å². The summed E-state index contributed by atoms with van der Waals surface area (Å²) in [6.45, 7) is 1.64. The summed E-state index contributed by atoms with van der Waals surface area (Å²) < 4.78 is 4.99. The van der Waals surface area contributed by atoms with Gasteiger partial charge in [0.25, 0.3) is 11.6 Å². The number of hydrogen-bond donors (Lipinski definition) is 0. The average molecular weight is 368 g/mol. The minimum absolute atomic E-state index is 0.0454. The van der Waals surface area contributed by atoms with E-state index in [1.165, 1.54) is 23.1 Å². The quantitative estimate of drug-likeness (QED) is 0.264. The third-order valence-electron chi connectivity index (χ3n) is 4.30. The number of esters is 1. The SMILES string of the molecule is CCOC(=O)C1C(=O)C(=O)N(c2ccccc2)C1c1cccc([N+](=O)[O-])c1. The highest BCUT2D eigenvalue weighted by Gasteiger charge is 2.53. The molecule has 138 valence electrons. The van der Waals surface area contributed by atoms with E-state index < -0.39 is 34.5 Å². The van der Waals surface area contributed by atoms with Crippen LogP contribution in [0.1, 0.15) is 18.5 Å². The summed E-state index contributed by atoms with van der Waals surface area (Å²) in [5.74, 6) is -3.96. The first-order valence-electron chi connectivity index (χ1n) is 8.29. The van der Waals surface area contributed by atoms with Crippen molar-refractivity contribution >= 4 is 29.0 Å². The second-order valence-corrected chi connectivity index (χ2v) is 5.90. The fraction of sp³-hybridized carbons (Fsp3) is 0.211. The number of amides is 1. The van der Waals surface area contributed by atoms with E-state index in [1.807, 2.05) is 0 Å². The van der Waals surface area contributed by atoms with Crippen molar-refractivity contribution in [1.29, 1.82) is 0 Å². The van der Waals surface area contributed by atoms with E-state index >= 15 is 0 Å². The molecule has 0 aliphatic carbocycles. The Bertz CT molecular complexity index is 911. The summed E-state index contributed by atoms with van der Waals surface area (Å²) >= 11 is 0. The molecule has 1 amide bonds. The first-order valence-corrected chi connectivity index (χ1v) is 8.29. The molecule has 1 saturated heterocycles. The second-order valence-electron chi connectivity index (χ2n) is 5.90. The molecule has 1 aliphatic rings. The Labute approximate surface area is 154 Å². The molecular weight excluding hydrogens is 352 g/mol. The molecule has 0 N–H and O–H groups in total. The van der Waals surface area contributed by atoms with Gasteiger partial charge in [-0.15, -0.1) is 0 Å². The number of hydrogen-bond acceptors (Lipinski definition) is 6. The molecular formula is C19H16N2O6. The normalized spacial score (nSPS) is 19.2. The van der Waals surface area contributed by atoms with Gasteiger partial charge in [0.1, 0.15) is 5.92 Å². The van der Waals surface area contributed by atoms with Crippen LogP contribution in [0.25, 0.3) is 0 Å². The third kappa shape index (κ3) is 3.29. The standard InChI is InChI=1S/C19H16N2O6/c1-2-27-19(24)15-16(12-7-6-10-14(11-12)21(25)26)20(18(23)17(15)22)13-8-4-3-5-9-13/h3-11,15-16H,2H2,1H3. The molecule has 0 aromatic heterocycles. The number of para-hydroxylation sites is 1. The maximum Gasteiger partial charge on any atom is 0.319 e. The van der Waals surface area contributed by atoms with Gasteiger partial charge in [-0.25, -0.2) is 0 Å². The van der Waals surface area contributed by atoms with Crippen LogP contribution in [0.15, 0.2) is 54.6 Å². The zero-order valence-corrected chi connectivity index (χ0v) is 14.4. The number of benzene rings is 2. The number of Topliss-reactive ketones (excluding diaryl/α,β-unsaturated/α-hetero) is 1. The summed E-state index contributed by atoms with van der Waals surface area (Å²) in [5, 5.41) is 11.1. The van der Waals surface area contributed by atoms with Crippen LogP contribution < -0.4 is 4.90 Å². The average Bonchev–Trinajstić information content (AvgIpc) is 2.94. The molecule has 2 unspecified atom stereocenters. The Morgan fingerprint density at radius 1 is 1.15 bits per heavy atom. The van der Waals surface area contributed by atoms with Crippen LogP contribution in [0.2, 0.25) is 0 Å². The largest absolute Gasteiger partial charge is 0.465 e. The van der Waals surface area contributed by atoms with E-state index in [0.29, 0.717) is 11.3 Å². The highest BCUT2D eigenvalue weighted by atomic mass is 16.6. The van der Waals surface area contributed by atoms with Gasteiger partial charge in [0.15, 0.2) is 0 Å². The Hall–Kier alpha value is -3.55. The van der Waals surface area contributed by atoms with E-state index in [0.717, 1.165) is 0 Å². The predicted octanol–water partition coefficient (Wildman–Crippen LogP) is 2.43. The van der Waals surface area contributed by atoms with Crippen molar-refractivity contribution in [3.8, 4) is 0 Å². The molecule has 0 saturated carbocycles. The molecule has 27 heavy (non-hydrogen) atoms. The summed E-state index contributed by atoms with van der Waals surface area (Å²) in [6, 6.07) is 12.9. The van der Waals surface area contributed by atoms with Gasteiger partial charge in [-0.2, -0.15) is 0 Å². The number of carbonyl (C=O) groups excluding carboxylic acids is 3. The van der Waals surface area contributed by atoms with Gasteiger partial charge in [-0.1, -0.05) is 30.3 Å². The van der Waals surface area contributed by atoms with Gasteiger partial charge >= 0.3 is 5.97 Å². The maximum absolute atomic E-state index is 12.7. The van der Waals surface area contributed by atoms with Crippen LogP contribution >= 0.6 is 0 Å². The molecule has 1 fully saturated rings. The van der Waals surface area contributed by atoms with E-state index in [4.69, 9.17) is 4.74 Å². The minimum Gasteiger partial charge on any atom is -0.465 e. The number of nitrogens with zero attached hydrogens (tertiary/aromatic N) is 2. The molecule has 2 aromatic carbocycles. The fourth-order valence-corrected chi connectivity index (χ4v) is 3.17. The maximum atomic E-state index is 12.7. The molecule has 1 heterocycles. The molecule has 3 rings (SSSR count). The Morgan fingerprint density at radius 3 is 2.48 bits per heavy atom. The van der Waals surface area contributed by atoms with Crippen molar-refractivity contribution in [3.05, 3.63) is 70.3 Å². The summed E-state index contributed by atoms with van der Waals surface area (Å²) in [4.78, 5) is 49.4. The lowest BCUT2D eigenvalue weighted by atomic mass is 9.92. The number of ketones is 1. The van der Waals surface area contributed by atoms with Gasteiger partial charge < -0.3 is 4.74 Å². The monoisotopic (exact) mass is 368 g/mol. The highest BCUT2D eigenvalue weighted by molar-refractivity contribution is 6.47. The van der Waals surface area contributed by atoms with Crippen molar-refractivity contribution in [1.82, 2.24) is 0 Å². The molecule has 0 bridgehead atoms. The lowest BCUT2D eigenvalue weighted by Crippen LogP contribution is -2.31. The Morgan fingerprint density at radius 2 is 1.85 bits per heavy atom.